The number of nitrogens with zero attached hydrogens (tertiary/aromatic N) is 2. The average molecular weight is 441 g/mol. The predicted molar refractivity (Wildman–Crippen MR) is 118 cm³/mol. The third-order valence-electron chi connectivity index (χ3n) is 5.20. The number of rotatable bonds is 10. The lowest BCUT2D eigenvalue weighted by atomic mass is 10.1. The average Bonchev–Trinajstić information content (AvgIpc) is 3.12. The zero-order valence-corrected chi connectivity index (χ0v) is 19.9. The van der Waals surface area contributed by atoms with Gasteiger partial charge in [-0.2, -0.15) is 0 Å². The molecular formula is C22H40N4O5. The van der Waals surface area contributed by atoms with Gasteiger partial charge in [0.2, 0.25) is 17.7 Å². The van der Waals surface area contributed by atoms with Gasteiger partial charge in [-0.15, -0.1) is 0 Å². The molecule has 9 nitrogen and oxygen atoms in total. The number of ether oxygens (including phenoxy) is 1. The monoisotopic (exact) mass is 440 g/mol. The predicted octanol–water partition coefficient (Wildman–Crippen LogP) is 2.17. The van der Waals surface area contributed by atoms with Crippen molar-refractivity contribution in [3.05, 3.63) is 0 Å². The standard InChI is InChI=1S/C22H40N4O5/c1-15(2)25(21(30)31-22(4,5)6)13-9-7-8-12-18(27)26-14-10-11-17(26)20(29)24-16(3)19(23)28/h15-17H,7-14H2,1-6H3,(H2,23,28)(H,24,29)/t16-,17-/m0/s1. The van der Waals surface area contributed by atoms with Gasteiger partial charge in [-0.1, -0.05) is 6.42 Å². The number of amides is 4. The molecule has 0 aromatic rings. The molecule has 1 aliphatic heterocycles. The maximum absolute atomic E-state index is 12.6. The van der Waals surface area contributed by atoms with E-state index < -0.39 is 23.6 Å². The van der Waals surface area contributed by atoms with E-state index >= 15 is 0 Å². The second kappa shape index (κ2) is 11.9. The molecule has 0 radical (unpaired) electrons. The van der Waals surface area contributed by atoms with E-state index in [4.69, 9.17) is 10.5 Å². The molecule has 0 saturated carbocycles. The third-order valence-corrected chi connectivity index (χ3v) is 5.20. The molecule has 0 bridgehead atoms. The van der Waals surface area contributed by atoms with E-state index in [1.807, 2.05) is 34.6 Å². The lowest BCUT2D eigenvalue weighted by Gasteiger charge is -2.30. The molecule has 1 rings (SSSR count). The van der Waals surface area contributed by atoms with Crippen LogP contribution in [0.25, 0.3) is 0 Å². The number of carbonyl (C=O) groups excluding carboxylic acids is 4. The van der Waals surface area contributed by atoms with Gasteiger partial charge in [-0.3, -0.25) is 14.4 Å². The van der Waals surface area contributed by atoms with Crippen molar-refractivity contribution in [1.29, 1.82) is 0 Å². The summed E-state index contributed by atoms with van der Waals surface area (Å²) < 4.78 is 5.46. The summed E-state index contributed by atoms with van der Waals surface area (Å²) in [6.45, 7) is 12.1. The number of nitrogens with one attached hydrogen (secondary N) is 1. The van der Waals surface area contributed by atoms with E-state index in [1.165, 1.54) is 6.92 Å². The van der Waals surface area contributed by atoms with Crippen LogP contribution in [-0.4, -0.2) is 70.4 Å². The van der Waals surface area contributed by atoms with Crippen molar-refractivity contribution in [3.63, 3.8) is 0 Å². The highest BCUT2D eigenvalue weighted by Gasteiger charge is 2.34. The summed E-state index contributed by atoms with van der Waals surface area (Å²) in [4.78, 5) is 51.8. The van der Waals surface area contributed by atoms with Gasteiger partial charge >= 0.3 is 6.09 Å². The number of primary amides is 1. The Morgan fingerprint density at radius 3 is 2.32 bits per heavy atom. The van der Waals surface area contributed by atoms with Gasteiger partial charge in [0.05, 0.1) is 0 Å². The Bertz CT molecular complexity index is 644. The zero-order chi connectivity index (χ0) is 23.8. The van der Waals surface area contributed by atoms with Crippen LogP contribution >= 0.6 is 0 Å². The maximum atomic E-state index is 12.6. The van der Waals surface area contributed by atoms with Gasteiger partial charge < -0.3 is 25.6 Å². The molecule has 1 heterocycles. The van der Waals surface area contributed by atoms with Crippen molar-refractivity contribution in [1.82, 2.24) is 15.1 Å². The zero-order valence-electron chi connectivity index (χ0n) is 19.9. The number of carbonyl (C=O) groups is 4. The van der Waals surface area contributed by atoms with Crippen LogP contribution in [0.1, 0.15) is 80.1 Å². The molecule has 0 unspecified atom stereocenters. The van der Waals surface area contributed by atoms with Crippen LogP contribution < -0.4 is 11.1 Å². The van der Waals surface area contributed by atoms with Crippen molar-refractivity contribution in [2.24, 2.45) is 5.73 Å². The number of likely N-dealkylation sites (tertiary alicyclic amines) is 1. The number of nitrogens with two attached hydrogens (primary N) is 1. The summed E-state index contributed by atoms with van der Waals surface area (Å²) in [6.07, 6.45) is 3.61. The minimum Gasteiger partial charge on any atom is -0.444 e. The minimum absolute atomic E-state index is 0.0307. The van der Waals surface area contributed by atoms with Crippen LogP contribution in [0.3, 0.4) is 0 Å². The summed E-state index contributed by atoms with van der Waals surface area (Å²) in [5.41, 5.74) is 4.66. The topological polar surface area (TPSA) is 122 Å². The Labute approximate surface area is 186 Å². The molecule has 1 aliphatic rings. The van der Waals surface area contributed by atoms with E-state index in [0.29, 0.717) is 32.4 Å². The normalized spacial score (nSPS) is 17.4. The molecule has 4 amide bonds. The fourth-order valence-electron chi connectivity index (χ4n) is 3.48. The third kappa shape index (κ3) is 9.14. The summed E-state index contributed by atoms with van der Waals surface area (Å²) >= 11 is 0. The molecule has 3 N–H and O–H groups in total. The van der Waals surface area contributed by atoms with E-state index in [9.17, 15) is 19.2 Å². The van der Waals surface area contributed by atoms with Crippen LogP contribution in [0.15, 0.2) is 0 Å². The van der Waals surface area contributed by atoms with E-state index in [-0.39, 0.29) is 23.9 Å². The van der Waals surface area contributed by atoms with Gasteiger partial charge in [0, 0.05) is 25.6 Å². The van der Waals surface area contributed by atoms with Crippen molar-refractivity contribution in [2.45, 2.75) is 104 Å². The highest BCUT2D eigenvalue weighted by molar-refractivity contribution is 5.91. The first kappa shape index (κ1) is 26.7. The molecule has 1 fully saturated rings. The molecule has 1 saturated heterocycles. The van der Waals surface area contributed by atoms with Gasteiger partial charge in [0.25, 0.3) is 0 Å². The Kier molecular flexibility index (Phi) is 10.3. The molecule has 178 valence electrons. The van der Waals surface area contributed by atoms with Crippen molar-refractivity contribution < 1.29 is 23.9 Å². The van der Waals surface area contributed by atoms with Crippen LogP contribution in [0.4, 0.5) is 4.79 Å². The second-order valence-corrected chi connectivity index (χ2v) is 9.46. The van der Waals surface area contributed by atoms with E-state index in [2.05, 4.69) is 5.32 Å². The Morgan fingerprint density at radius 2 is 1.77 bits per heavy atom. The molecule has 0 spiro atoms. The number of unbranched alkanes of at least 4 members (excludes halogenated alkanes) is 2. The Balaban J connectivity index is 2.44. The first-order chi connectivity index (χ1) is 14.3. The summed E-state index contributed by atoms with van der Waals surface area (Å²) in [6, 6.07) is -1.28. The van der Waals surface area contributed by atoms with Crippen LogP contribution in [0, 0.1) is 0 Å². The van der Waals surface area contributed by atoms with Gasteiger partial charge in [-0.25, -0.2) is 4.79 Å². The van der Waals surface area contributed by atoms with Crippen LogP contribution in [0.2, 0.25) is 0 Å². The fourth-order valence-corrected chi connectivity index (χ4v) is 3.48. The maximum Gasteiger partial charge on any atom is 0.410 e. The molecular weight excluding hydrogens is 400 g/mol. The summed E-state index contributed by atoms with van der Waals surface area (Å²) in [7, 11) is 0. The van der Waals surface area contributed by atoms with Crippen molar-refractivity contribution in [3.8, 4) is 0 Å². The second-order valence-electron chi connectivity index (χ2n) is 9.46. The quantitative estimate of drug-likeness (QED) is 0.504. The Hall–Kier alpha value is -2.32. The van der Waals surface area contributed by atoms with Crippen LogP contribution in [0.5, 0.6) is 0 Å². The lowest BCUT2D eigenvalue weighted by molar-refractivity contribution is -0.139. The highest BCUT2D eigenvalue weighted by Crippen LogP contribution is 2.20. The SMILES string of the molecule is CC(C)N(CCCCCC(=O)N1CCC[C@H]1C(=O)N[C@@H](C)C(N)=O)C(=O)OC(C)(C)C. The van der Waals surface area contributed by atoms with Gasteiger partial charge in [0.1, 0.15) is 17.7 Å². The Morgan fingerprint density at radius 1 is 1.13 bits per heavy atom. The molecule has 0 aromatic heterocycles. The first-order valence-electron chi connectivity index (χ1n) is 11.2. The van der Waals surface area contributed by atoms with Crippen LogP contribution in [-0.2, 0) is 19.1 Å². The van der Waals surface area contributed by atoms with Crippen molar-refractivity contribution >= 4 is 23.8 Å². The van der Waals surface area contributed by atoms with E-state index in [1.54, 1.807) is 9.80 Å². The molecule has 0 aliphatic carbocycles. The lowest BCUT2D eigenvalue weighted by Crippen LogP contribution is -2.51. The van der Waals surface area contributed by atoms with Gasteiger partial charge in [0.15, 0.2) is 0 Å². The summed E-state index contributed by atoms with van der Waals surface area (Å²) in [5.74, 6) is -0.995. The van der Waals surface area contributed by atoms with Crippen molar-refractivity contribution in [2.75, 3.05) is 13.1 Å². The minimum atomic E-state index is -0.765. The highest BCUT2D eigenvalue weighted by atomic mass is 16.6. The molecule has 2 atom stereocenters. The van der Waals surface area contributed by atoms with E-state index in [0.717, 1.165) is 19.3 Å². The summed E-state index contributed by atoms with van der Waals surface area (Å²) in [5, 5.41) is 2.58. The fraction of sp³-hybridized carbons (Fsp3) is 0.818. The molecule has 9 heteroatoms. The first-order valence-corrected chi connectivity index (χ1v) is 11.2. The largest absolute Gasteiger partial charge is 0.444 e. The van der Waals surface area contributed by atoms with Gasteiger partial charge in [-0.05, 0) is 67.2 Å². The molecule has 0 aromatic carbocycles. The molecule has 31 heavy (non-hydrogen) atoms. The number of hydrogen-bond donors (Lipinski definition) is 2. The smallest absolute Gasteiger partial charge is 0.410 e. The number of hydrogen-bond acceptors (Lipinski definition) is 5.